The number of hydrogen-bond donors (Lipinski definition) is 2. The number of nitrogens with zero attached hydrogens (tertiary/aromatic N) is 6. The van der Waals surface area contributed by atoms with Crippen LogP contribution < -0.4 is 15.0 Å². The van der Waals surface area contributed by atoms with E-state index >= 15 is 0 Å². The third-order valence-electron chi connectivity index (χ3n) is 6.59. The van der Waals surface area contributed by atoms with E-state index in [2.05, 4.69) is 25.4 Å². The van der Waals surface area contributed by atoms with Gasteiger partial charge in [0.25, 0.3) is 5.88 Å². The number of imidazole rings is 1. The minimum Gasteiger partial charge on any atom is -0.475 e. The number of aromatic carboxylic acids is 1. The summed E-state index contributed by atoms with van der Waals surface area (Å²) in [5, 5.41) is 15.5. The van der Waals surface area contributed by atoms with Crippen molar-refractivity contribution in [1.82, 2.24) is 30.0 Å². The molecule has 2 N–H and O–H groups in total. The van der Waals surface area contributed by atoms with Crippen molar-refractivity contribution in [2.45, 2.75) is 51.1 Å². The Labute approximate surface area is 233 Å². The maximum Gasteiger partial charge on any atom is 0.374 e. The van der Waals surface area contributed by atoms with E-state index in [-0.39, 0.29) is 24.3 Å². The molecule has 0 saturated carbocycles. The van der Waals surface area contributed by atoms with Gasteiger partial charge < -0.3 is 33.9 Å². The summed E-state index contributed by atoms with van der Waals surface area (Å²) in [7, 11) is 0. The quantitative estimate of drug-likeness (QED) is 0.320. The highest BCUT2D eigenvalue weighted by atomic mass is 16.8. The van der Waals surface area contributed by atoms with Crippen LogP contribution in [-0.2, 0) is 14.2 Å². The predicted octanol–water partition coefficient (Wildman–Crippen LogP) is 2.88. The molecule has 6 rings (SSSR count). The van der Waals surface area contributed by atoms with Gasteiger partial charge in [-0.2, -0.15) is 0 Å². The Balaban J connectivity index is 1.32. The van der Waals surface area contributed by atoms with Crippen LogP contribution in [0, 0.1) is 0 Å². The number of anilines is 2. The van der Waals surface area contributed by atoms with Gasteiger partial charge in [0.05, 0.1) is 18.1 Å². The topological polar surface area (TPSA) is 176 Å². The molecule has 1 aromatic carbocycles. The highest BCUT2D eigenvalue weighted by molar-refractivity contribution is 6.03. The van der Waals surface area contributed by atoms with Crippen LogP contribution in [0.3, 0.4) is 0 Å². The molecule has 2 fully saturated rings. The van der Waals surface area contributed by atoms with E-state index in [1.54, 1.807) is 36.9 Å². The summed E-state index contributed by atoms with van der Waals surface area (Å²) in [5.74, 6) is -2.21. The third-order valence-corrected chi connectivity index (χ3v) is 6.59. The summed E-state index contributed by atoms with van der Waals surface area (Å²) in [6.45, 7) is 5.83. The van der Waals surface area contributed by atoms with Crippen molar-refractivity contribution in [3.8, 4) is 5.88 Å². The summed E-state index contributed by atoms with van der Waals surface area (Å²) in [4.78, 5) is 39.1. The SMILES string of the molecule is CCNC(=O)N(c1ccccc1)c1ncnc2c1ncn2C1OC(COc2cc(C(=O)O)on2)C2OC(C)(C)OC21. The second-order valence-corrected chi connectivity index (χ2v) is 9.80. The molecule has 0 bridgehead atoms. The Morgan fingerprint density at radius 1 is 1.15 bits per heavy atom. The monoisotopic (exact) mass is 565 g/mol. The number of carbonyl (C=O) groups is 2. The van der Waals surface area contributed by atoms with Crippen molar-refractivity contribution in [3.05, 3.63) is 54.8 Å². The molecule has 214 valence electrons. The Kier molecular flexibility index (Phi) is 6.76. The molecule has 15 heteroatoms. The number of benzene rings is 1. The van der Waals surface area contributed by atoms with Crippen molar-refractivity contribution < 1.29 is 38.2 Å². The van der Waals surface area contributed by atoms with Crippen molar-refractivity contribution in [1.29, 1.82) is 0 Å². The summed E-state index contributed by atoms with van der Waals surface area (Å²) in [6, 6.07) is 9.93. The lowest BCUT2D eigenvalue weighted by Crippen LogP contribution is -2.37. The fourth-order valence-corrected chi connectivity index (χ4v) is 4.95. The fourth-order valence-electron chi connectivity index (χ4n) is 4.95. The number of carboxylic acid groups (broad SMARTS) is 1. The number of rotatable bonds is 8. The second kappa shape index (κ2) is 10.4. The van der Waals surface area contributed by atoms with Crippen LogP contribution in [0.5, 0.6) is 5.88 Å². The molecule has 4 unspecified atom stereocenters. The second-order valence-electron chi connectivity index (χ2n) is 9.80. The lowest BCUT2D eigenvalue weighted by atomic mass is 10.1. The summed E-state index contributed by atoms with van der Waals surface area (Å²) in [6.07, 6.45) is 0.487. The molecule has 4 aromatic rings. The zero-order valence-electron chi connectivity index (χ0n) is 22.3. The van der Waals surface area contributed by atoms with Crippen LogP contribution in [0.4, 0.5) is 16.3 Å². The van der Waals surface area contributed by atoms with Gasteiger partial charge >= 0.3 is 12.0 Å². The number of nitrogens with one attached hydrogen (secondary N) is 1. The van der Waals surface area contributed by atoms with Crippen LogP contribution in [-0.4, -0.2) is 79.0 Å². The molecule has 15 nitrogen and oxygen atoms in total. The molecule has 0 radical (unpaired) electrons. The number of hydrogen-bond acceptors (Lipinski definition) is 11. The molecular formula is C26H27N7O8. The van der Waals surface area contributed by atoms with Crippen LogP contribution in [0.2, 0.25) is 0 Å². The van der Waals surface area contributed by atoms with Gasteiger partial charge in [-0.1, -0.05) is 18.2 Å². The van der Waals surface area contributed by atoms with Gasteiger partial charge in [-0.15, -0.1) is 0 Å². The molecular weight excluding hydrogens is 538 g/mol. The molecule has 2 aliphatic rings. The van der Waals surface area contributed by atoms with Crippen LogP contribution in [0.15, 0.2) is 53.6 Å². The van der Waals surface area contributed by atoms with Gasteiger partial charge in [-0.05, 0) is 38.1 Å². The summed E-state index contributed by atoms with van der Waals surface area (Å²) >= 11 is 0. The van der Waals surface area contributed by atoms with E-state index in [0.717, 1.165) is 0 Å². The lowest BCUT2D eigenvalue weighted by molar-refractivity contribution is -0.199. The number of aromatic nitrogens is 5. The first-order valence-corrected chi connectivity index (χ1v) is 12.9. The van der Waals surface area contributed by atoms with Gasteiger partial charge in [-0.3, -0.25) is 4.57 Å². The average Bonchev–Trinajstić information content (AvgIpc) is 3.72. The minimum absolute atomic E-state index is 0.000924. The number of carbonyl (C=O) groups excluding carboxylic acids is 1. The molecule has 4 atom stereocenters. The van der Waals surface area contributed by atoms with Gasteiger partial charge in [0, 0.05) is 6.54 Å². The first kappa shape index (κ1) is 26.6. The van der Waals surface area contributed by atoms with E-state index in [4.69, 9.17) is 28.6 Å². The molecule has 0 aliphatic carbocycles. The average molecular weight is 566 g/mol. The molecule has 0 spiro atoms. The summed E-state index contributed by atoms with van der Waals surface area (Å²) in [5.41, 5.74) is 1.40. The van der Waals surface area contributed by atoms with Crippen LogP contribution in [0.1, 0.15) is 37.6 Å². The van der Waals surface area contributed by atoms with Crippen molar-refractivity contribution in [2.24, 2.45) is 0 Å². The maximum atomic E-state index is 13.1. The molecule has 2 saturated heterocycles. The Morgan fingerprint density at radius 2 is 1.93 bits per heavy atom. The van der Waals surface area contributed by atoms with Crippen molar-refractivity contribution >= 4 is 34.7 Å². The van der Waals surface area contributed by atoms with Crippen molar-refractivity contribution in [3.63, 3.8) is 0 Å². The van der Waals surface area contributed by atoms with E-state index < -0.39 is 36.3 Å². The number of amides is 2. The summed E-state index contributed by atoms with van der Waals surface area (Å²) < 4.78 is 30.8. The number of urea groups is 1. The highest BCUT2D eigenvalue weighted by Gasteiger charge is 2.56. The standard InChI is InChI=1S/C26H27N7O8/c1-4-27-25(36)33(14-8-6-5-7-9-14)22-18-21(28-12-29-22)32(13-30-18)23-20-19(39-26(2,3)40-20)16(38-23)11-37-17-10-15(24(34)35)41-31-17/h5-10,12-13,16,19-20,23H,4,11H2,1-3H3,(H,27,36)(H,34,35). The van der Waals surface area contributed by atoms with Gasteiger partial charge in [-0.25, -0.2) is 29.4 Å². The Hall–Kier alpha value is -4.60. The molecule has 5 heterocycles. The molecule has 2 aliphatic heterocycles. The lowest BCUT2D eigenvalue weighted by Gasteiger charge is -2.25. The zero-order chi connectivity index (χ0) is 28.7. The smallest absolute Gasteiger partial charge is 0.374 e. The van der Waals surface area contributed by atoms with Gasteiger partial charge in [0.1, 0.15) is 31.2 Å². The number of ether oxygens (including phenoxy) is 4. The Morgan fingerprint density at radius 3 is 2.66 bits per heavy atom. The molecule has 3 aromatic heterocycles. The number of fused-ring (bicyclic) bond motifs is 2. The van der Waals surface area contributed by atoms with E-state index in [1.807, 2.05) is 25.1 Å². The van der Waals surface area contributed by atoms with E-state index in [1.165, 1.54) is 17.3 Å². The first-order chi connectivity index (χ1) is 19.8. The highest BCUT2D eigenvalue weighted by Crippen LogP contribution is 2.44. The largest absolute Gasteiger partial charge is 0.475 e. The first-order valence-electron chi connectivity index (χ1n) is 12.9. The molecule has 2 amide bonds. The van der Waals surface area contributed by atoms with Crippen molar-refractivity contribution in [2.75, 3.05) is 18.1 Å². The predicted molar refractivity (Wildman–Crippen MR) is 140 cm³/mol. The fraction of sp³-hybridized carbons (Fsp3) is 0.385. The van der Waals surface area contributed by atoms with Crippen LogP contribution >= 0.6 is 0 Å². The Bertz CT molecular complexity index is 1570. The molecule has 41 heavy (non-hydrogen) atoms. The van der Waals surface area contributed by atoms with Gasteiger partial charge in [0.15, 0.2) is 29.0 Å². The van der Waals surface area contributed by atoms with E-state index in [9.17, 15) is 9.59 Å². The van der Waals surface area contributed by atoms with Gasteiger partial charge in [0.2, 0.25) is 5.76 Å². The normalized spacial score (nSPS) is 22.9. The van der Waals surface area contributed by atoms with E-state index in [0.29, 0.717) is 29.2 Å². The number of carboxylic acids is 1. The van der Waals surface area contributed by atoms with Crippen LogP contribution in [0.25, 0.3) is 11.2 Å². The maximum absolute atomic E-state index is 13.1. The zero-order valence-corrected chi connectivity index (χ0v) is 22.3. The minimum atomic E-state index is -1.26. The third kappa shape index (κ3) is 4.94. The number of para-hydroxylation sites is 1.